The van der Waals surface area contributed by atoms with Crippen LogP contribution in [0.25, 0.3) is 11.4 Å². The smallest absolute Gasteiger partial charge is 0.262 e. The van der Waals surface area contributed by atoms with Gasteiger partial charge in [-0.05, 0) is 35.9 Å². The molecule has 0 saturated heterocycles. The summed E-state index contributed by atoms with van der Waals surface area (Å²) in [6.07, 6.45) is 3.55. The van der Waals surface area contributed by atoms with Crippen molar-refractivity contribution in [1.82, 2.24) is 15.1 Å². The number of hydrogen-bond acceptors (Lipinski definition) is 8. The third-order valence-corrected chi connectivity index (χ3v) is 6.20. The lowest BCUT2D eigenvalue weighted by Gasteiger charge is -2.19. The molecule has 0 spiro atoms. The number of hydrogen-bond donors (Lipinski definition) is 1. The summed E-state index contributed by atoms with van der Waals surface area (Å²) in [6, 6.07) is 15.2. The Hall–Kier alpha value is -3.92. The van der Waals surface area contributed by atoms with Gasteiger partial charge in [-0.25, -0.2) is 8.42 Å². The molecule has 1 aliphatic rings. The number of nitrogens with one attached hydrogen (secondary N) is 1. The fourth-order valence-corrected chi connectivity index (χ4v) is 4.39. The zero-order valence-electron chi connectivity index (χ0n) is 16.8. The molecule has 2 aromatic heterocycles. The van der Waals surface area contributed by atoms with E-state index in [0.717, 1.165) is 5.56 Å². The van der Waals surface area contributed by atoms with Crippen molar-refractivity contribution in [2.24, 2.45) is 0 Å². The quantitative estimate of drug-likeness (QED) is 0.476. The first kappa shape index (κ1) is 20.0. The van der Waals surface area contributed by atoms with Gasteiger partial charge in [-0.3, -0.25) is 9.71 Å². The highest BCUT2D eigenvalue weighted by atomic mass is 32.2. The normalized spacial score (nSPS) is 13.0. The van der Waals surface area contributed by atoms with Crippen LogP contribution >= 0.6 is 0 Å². The van der Waals surface area contributed by atoms with Crippen molar-refractivity contribution in [1.29, 1.82) is 0 Å². The number of aromatic nitrogens is 3. The molecular weight excluding hydrogens is 432 g/mol. The average Bonchev–Trinajstić information content (AvgIpc) is 3.29. The lowest BCUT2D eigenvalue weighted by molar-refractivity contribution is 0.171. The first-order chi connectivity index (χ1) is 15.6. The van der Waals surface area contributed by atoms with Crippen LogP contribution in [-0.2, 0) is 16.4 Å². The highest BCUT2D eigenvalue weighted by Gasteiger charge is 2.21. The summed E-state index contributed by atoms with van der Waals surface area (Å²) in [4.78, 5) is 8.46. The van der Waals surface area contributed by atoms with E-state index >= 15 is 0 Å². The molecule has 5 rings (SSSR count). The van der Waals surface area contributed by atoms with Crippen LogP contribution in [0.4, 0.5) is 5.69 Å². The van der Waals surface area contributed by atoms with Gasteiger partial charge < -0.3 is 14.0 Å². The molecule has 0 radical (unpaired) electrons. The predicted molar refractivity (Wildman–Crippen MR) is 115 cm³/mol. The van der Waals surface area contributed by atoms with Crippen molar-refractivity contribution in [3.8, 4) is 22.9 Å². The maximum Gasteiger partial charge on any atom is 0.262 e. The van der Waals surface area contributed by atoms with Gasteiger partial charge >= 0.3 is 0 Å². The highest BCUT2D eigenvalue weighted by molar-refractivity contribution is 7.92. The van der Waals surface area contributed by atoms with Crippen LogP contribution in [0, 0.1) is 0 Å². The minimum atomic E-state index is -3.86. The summed E-state index contributed by atoms with van der Waals surface area (Å²) < 4.78 is 45.0. The van der Waals surface area contributed by atoms with E-state index in [-0.39, 0.29) is 11.3 Å². The average molecular weight is 450 g/mol. The molecule has 0 fully saturated rings. The summed E-state index contributed by atoms with van der Waals surface area (Å²) in [6.45, 7) is 0.807. The number of benzene rings is 2. The van der Waals surface area contributed by atoms with Crippen molar-refractivity contribution in [2.45, 2.75) is 11.3 Å². The molecule has 2 aromatic carbocycles. The maximum absolute atomic E-state index is 13.0. The lowest BCUT2D eigenvalue weighted by Crippen LogP contribution is -2.17. The maximum atomic E-state index is 13.0. The summed E-state index contributed by atoms with van der Waals surface area (Å²) in [7, 11) is -3.86. The van der Waals surface area contributed by atoms with Gasteiger partial charge in [-0.1, -0.05) is 23.4 Å². The van der Waals surface area contributed by atoms with Crippen LogP contribution in [0.1, 0.15) is 11.5 Å². The van der Waals surface area contributed by atoms with Crippen molar-refractivity contribution >= 4 is 15.7 Å². The standard InChI is InChI=1S/C22H18N4O5S/c27-32(28,17-5-6-19-20(14-17)30-12-11-29-19)26-18-4-2-1-3-16(18)13-21-24-22(25-31-21)15-7-9-23-10-8-15/h1-10,14,26H,11-13H2. The Balaban J connectivity index is 1.39. The van der Waals surface area contributed by atoms with Gasteiger partial charge in [-0.2, -0.15) is 4.98 Å². The third kappa shape index (κ3) is 4.12. The predicted octanol–water partition coefficient (Wildman–Crippen LogP) is 3.29. The van der Waals surface area contributed by atoms with Crippen LogP contribution in [0.5, 0.6) is 11.5 Å². The van der Waals surface area contributed by atoms with Crippen molar-refractivity contribution < 1.29 is 22.4 Å². The van der Waals surface area contributed by atoms with Gasteiger partial charge in [0.05, 0.1) is 17.0 Å². The Morgan fingerprint density at radius 3 is 2.56 bits per heavy atom. The molecule has 4 aromatic rings. The fraction of sp³-hybridized carbons (Fsp3) is 0.136. The van der Waals surface area contributed by atoms with Gasteiger partial charge in [0.1, 0.15) is 13.2 Å². The fourth-order valence-electron chi connectivity index (χ4n) is 3.28. The van der Waals surface area contributed by atoms with Crippen LogP contribution in [0.2, 0.25) is 0 Å². The van der Waals surface area contributed by atoms with E-state index in [0.29, 0.717) is 47.7 Å². The Bertz CT molecular complexity index is 1360. The summed E-state index contributed by atoms with van der Waals surface area (Å²) in [5.41, 5.74) is 1.90. The van der Waals surface area contributed by atoms with Crippen LogP contribution in [-0.4, -0.2) is 36.8 Å². The second-order valence-electron chi connectivity index (χ2n) is 6.99. The van der Waals surface area contributed by atoms with Gasteiger partial charge in [-0.15, -0.1) is 0 Å². The zero-order chi connectivity index (χ0) is 22.0. The SMILES string of the molecule is O=S(=O)(Nc1ccccc1Cc1nc(-c2ccncc2)no1)c1ccc2c(c1)OCCO2. The van der Waals surface area contributed by atoms with E-state index in [2.05, 4.69) is 19.8 Å². The van der Waals surface area contributed by atoms with E-state index in [1.54, 1.807) is 48.8 Å². The molecule has 9 nitrogen and oxygen atoms in total. The van der Waals surface area contributed by atoms with Crippen LogP contribution < -0.4 is 14.2 Å². The van der Waals surface area contributed by atoms with Gasteiger partial charge in [0.25, 0.3) is 10.0 Å². The number of nitrogens with zero attached hydrogens (tertiary/aromatic N) is 3. The molecule has 1 N–H and O–H groups in total. The third-order valence-electron chi connectivity index (χ3n) is 4.83. The second-order valence-corrected chi connectivity index (χ2v) is 8.67. The van der Waals surface area contributed by atoms with E-state index in [4.69, 9.17) is 14.0 Å². The Morgan fingerprint density at radius 2 is 1.72 bits per heavy atom. The molecule has 32 heavy (non-hydrogen) atoms. The molecule has 10 heteroatoms. The van der Waals surface area contributed by atoms with E-state index < -0.39 is 10.0 Å². The molecule has 1 aliphatic heterocycles. The first-order valence-electron chi connectivity index (χ1n) is 9.82. The van der Waals surface area contributed by atoms with E-state index in [9.17, 15) is 8.42 Å². The minimum absolute atomic E-state index is 0.0781. The Labute approximate surface area is 184 Å². The molecule has 0 saturated carbocycles. The van der Waals surface area contributed by atoms with E-state index in [1.165, 1.54) is 12.1 Å². The van der Waals surface area contributed by atoms with E-state index in [1.807, 2.05) is 6.07 Å². The number of fused-ring (bicyclic) bond motifs is 1. The number of rotatable bonds is 6. The minimum Gasteiger partial charge on any atom is -0.486 e. The van der Waals surface area contributed by atoms with Crippen molar-refractivity contribution in [2.75, 3.05) is 17.9 Å². The Kier molecular flexibility index (Phi) is 5.20. The number of anilines is 1. The highest BCUT2D eigenvalue weighted by Crippen LogP contribution is 2.33. The first-order valence-corrected chi connectivity index (χ1v) is 11.3. The van der Waals surface area contributed by atoms with Crippen LogP contribution in [0.15, 0.2) is 76.4 Å². The molecular formula is C22H18N4O5S. The molecule has 0 bridgehead atoms. The number of ether oxygens (including phenoxy) is 2. The molecule has 0 amide bonds. The van der Waals surface area contributed by atoms with Gasteiger partial charge in [0.2, 0.25) is 11.7 Å². The van der Waals surface area contributed by atoms with Crippen molar-refractivity contribution in [3.63, 3.8) is 0 Å². The lowest BCUT2D eigenvalue weighted by atomic mass is 10.1. The summed E-state index contributed by atoms with van der Waals surface area (Å²) >= 11 is 0. The zero-order valence-corrected chi connectivity index (χ0v) is 17.6. The summed E-state index contributed by atoms with van der Waals surface area (Å²) in [5, 5.41) is 4.00. The summed E-state index contributed by atoms with van der Waals surface area (Å²) in [5.74, 6) is 1.73. The topological polar surface area (TPSA) is 116 Å². The molecule has 0 atom stereocenters. The largest absolute Gasteiger partial charge is 0.486 e. The Morgan fingerprint density at radius 1 is 0.938 bits per heavy atom. The van der Waals surface area contributed by atoms with Gasteiger partial charge in [0, 0.05) is 24.0 Å². The number of sulfonamides is 1. The number of para-hydroxylation sites is 1. The van der Waals surface area contributed by atoms with Crippen molar-refractivity contribution in [3.05, 3.63) is 78.4 Å². The second kappa shape index (κ2) is 8.31. The van der Waals surface area contributed by atoms with Crippen LogP contribution in [0.3, 0.4) is 0 Å². The van der Waals surface area contributed by atoms with Gasteiger partial charge in [0.15, 0.2) is 11.5 Å². The molecule has 0 aliphatic carbocycles. The molecule has 3 heterocycles. The monoisotopic (exact) mass is 450 g/mol. The molecule has 162 valence electrons. The molecule has 0 unspecified atom stereocenters. The number of pyridine rings is 1.